The summed E-state index contributed by atoms with van der Waals surface area (Å²) in [6.07, 6.45) is 3.50. The van der Waals surface area contributed by atoms with Crippen molar-refractivity contribution in [1.29, 1.82) is 0 Å². The third-order valence-electron chi connectivity index (χ3n) is 2.41. The number of anilines is 1. The van der Waals surface area contributed by atoms with Gasteiger partial charge in [-0.15, -0.1) is 0 Å². The van der Waals surface area contributed by atoms with E-state index in [1.165, 1.54) is 16.0 Å². The Hall–Kier alpha value is -1.55. The lowest BCUT2D eigenvalue weighted by atomic mass is 10.2. The van der Waals surface area contributed by atoms with Gasteiger partial charge in [0.25, 0.3) is 0 Å². The summed E-state index contributed by atoms with van der Waals surface area (Å²) in [7, 11) is 1.84. The van der Waals surface area contributed by atoms with Gasteiger partial charge in [0, 0.05) is 11.9 Å². The molecule has 1 N–H and O–H groups in total. The first-order valence-electron chi connectivity index (χ1n) is 5.44. The van der Waals surface area contributed by atoms with Crippen LogP contribution in [0.1, 0.15) is 11.1 Å². The number of nitrogens with one attached hydrogen (secondary N) is 1. The van der Waals surface area contributed by atoms with Crippen LogP contribution in [0.2, 0.25) is 0 Å². The average Bonchev–Trinajstić information content (AvgIpc) is 2.33. The van der Waals surface area contributed by atoms with Crippen molar-refractivity contribution in [2.24, 2.45) is 0 Å². The maximum atomic E-state index is 4.44. The number of hydrogen-bond donors (Lipinski definition) is 1. The molecule has 2 rings (SSSR count). The number of hydrogen-bond acceptors (Lipinski definition) is 4. The zero-order valence-electron chi connectivity index (χ0n) is 10.2. The summed E-state index contributed by atoms with van der Waals surface area (Å²) in [5.74, 6) is 0.791. The minimum absolute atomic E-state index is 0.791. The van der Waals surface area contributed by atoms with Crippen LogP contribution in [0, 0.1) is 13.8 Å². The molecule has 1 aromatic heterocycles. The van der Waals surface area contributed by atoms with Crippen LogP contribution in [-0.4, -0.2) is 17.0 Å². The fourth-order valence-electron chi connectivity index (χ4n) is 1.54. The van der Waals surface area contributed by atoms with Crippen molar-refractivity contribution >= 4 is 17.6 Å². The predicted molar refractivity (Wildman–Crippen MR) is 71.6 cm³/mol. The second kappa shape index (κ2) is 5.19. The molecule has 4 heteroatoms. The lowest BCUT2D eigenvalue weighted by molar-refractivity contribution is 1.05. The highest BCUT2D eigenvalue weighted by Gasteiger charge is 2.03. The summed E-state index contributed by atoms with van der Waals surface area (Å²) in [5, 5.41) is 3.90. The van der Waals surface area contributed by atoms with E-state index in [9.17, 15) is 0 Å². The number of benzene rings is 1. The Labute approximate surface area is 106 Å². The highest BCUT2D eigenvalue weighted by Crippen LogP contribution is 2.29. The molecule has 0 spiro atoms. The van der Waals surface area contributed by atoms with Crippen molar-refractivity contribution in [2.45, 2.75) is 23.8 Å². The van der Waals surface area contributed by atoms with E-state index in [1.54, 1.807) is 24.2 Å². The van der Waals surface area contributed by atoms with Gasteiger partial charge in [0.15, 0.2) is 0 Å². The van der Waals surface area contributed by atoms with E-state index < -0.39 is 0 Å². The van der Waals surface area contributed by atoms with Crippen LogP contribution >= 0.6 is 11.8 Å². The highest BCUT2D eigenvalue weighted by atomic mass is 32.2. The molecule has 0 saturated heterocycles. The molecule has 0 radical (unpaired) electrons. The number of aryl methyl sites for hydroxylation is 2. The predicted octanol–water partition coefficient (Wildman–Crippen LogP) is 3.29. The van der Waals surface area contributed by atoms with Gasteiger partial charge in [-0.25, -0.2) is 4.98 Å². The first kappa shape index (κ1) is 11.9. The second-order valence-corrected chi connectivity index (χ2v) is 4.93. The third kappa shape index (κ3) is 2.97. The SMILES string of the molecule is CNc1cncc(Sc2ccc(C)cc2C)n1. The van der Waals surface area contributed by atoms with Crippen molar-refractivity contribution in [3.63, 3.8) is 0 Å². The van der Waals surface area contributed by atoms with E-state index in [4.69, 9.17) is 0 Å². The molecule has 1 aromatic carbocycles. The van der Waals surface area contributed by atoms with Crippen molar-refractivity contribution < 1.29 is 0 Å². The molecular formula is C13H15N3S. The average molecular weight is 245 g/mol. The molecule has 0 unspecified atom stereocenters. The monoisotopic (exact) mass is 245 g/mol. The largest absolute Gasteiger partial charge is 0.372 e. The minimum Gasteiger partial charge on any atom is -0.372 e. The summed E-state index contributed by atoms with van der Waals surface area (Å²) in [5.41, 5.74) is 2.55. The van der Waals surface area contributed by atoms with E-state index in [0.717, 1.165) is 10.8 Å². The van der Waals surface area contributed by atoms with Gasteiger partial charge < -0.3 is 5.32 Å². The van der Waals surface area contributed by atoms with Crippen LogP contribution in [0.15, 0.2) is 40.5 Å². The zero-order chi connectivity index (χ0) is 12.3. The van der Waals surface area contributed by atoms with Crippen molar-refractivity contribution in [3.05, 3.63) is 41.7 Å². The molecule has 0 aliphatic heterocycles. The lowest BCUT2D eigenvalue weighted by Gasteiger charge is -2.06. The molecule has 0 aliphatic carbocycles. The fraction of sp³-hybridized carbons (Fsp3) is 0.231. The Balaban J connectivity index is 2.25. The lowest BCUT2D eigenvalue weighted by Crippen LogP contribution is -1.94. The highest BCUT2D eigenvalue weighted by molar-refractivity contribution is 7.99. The normalized spacial score (nSPS) is 10.3. The van der Waals surface area contributed by atoms with Gasteiger partial charge in [0.1, 0.15) is 10.8 Å². The van der Waals surface area contributed by atoms with Crippen LogP contribution in [0.25, 0.3) is 0 Å². The first-order chi connectivity index (χ1) is 8.19. The van der Waals surface area contributed by atoms with Gasteiger partial charge in [-0.05, 0) is 25.5 Å². The third-order valence-corrected chi connectivity index (χ3v) is 3.50. The van der Waals surface area contributed by atoms with Crippen LogP contribution in [0.3, 0.4) is 0 Å². The van der Waals surface area contributed by atoms with E-state index in [1.807, 2.05) is 7.05 Å². The van der Waals surface area contributed by atoms with Crippen molar-refractivity contribution in [1.82, 2.24) is 9.97 Å². The minimum atomic E-state index is 0.791. The molecule has 0 aliphatic rings. The molecule has 88 valence electrons. The van der Waals surface area contributed by atoms with E-state index in [2.05, 4.69) is 47.3 Å². The maximum absolute atomic E-state index is 4.44. The van der Waals surface area contributed by atoms with Gasteiger partial charge in [0.2, 0.25) is 0 Å². The Morgan fingerprint density at radius 2 is 2.00 bits per heavy atom. The summed E-state index contributed by atoms with van der Waals surface area (Å²) in [6.45, 7) is 4.22. The first-order valence-corrected chi connectivity index (χ1v) is 6.25. The van der Waals surface area contributed by atoms with Gasteiger partial charge in [-0.1, -0.05) is 29.5 Å². The van der Waals surface area contributed by atoms with E-state index in [0.29, 0.717) is 0 Å². The van der Waals surface area contributed by atoms with Crippen LogP contribution in [0.5, 0.6) is 0 Å². The van der Waals surface area contributed by atoms with Gasteiger partial charge in [0.05, 0.1) is 12.4 Å². The molecule has 3 nitrogen and oxygen atoms in total. The smallest absolute Gasteiger partial charge is 0.145 e. The summed E-state index contributed by atoms with van der Waals surface area (Å²) < 4.78 is 0. The summed E-state index contributed by atoms with van der Waals surface area (Å²) in [4.78, 5) is 9.81. The molecular weight excluding hydrogens is 230 g/mol. The number of rotatable bonds is 3. The molecule has 0 saturated carbocycles. The van der Waals surface area contributed by atoms with Crippen LogP contribution in [-0.2, 0) is 0 Å². The molecule has 0 bridgehead atoms. The molecule has 2 aromatic rings. The number of aromatic nitrogens is 2. The Kier molecular flexibility index (Phi) is 3.64. The summed E-state index contributed by atoms with van der Waals surface area (Å²) in [6, 6.07) is 6.42. The topological polar surface area (TPSA) is 37.8 Å². The van der Waals surface area contributed by atoms with Crippen molar-refractivity contribution in [2.75, 3.05) is 12.4 Å². The number of nitrogens with zero attached hydrogens (tertiary/aromatic N) is 2. The fourth-order valence-corrected chi connectivity index (χ4v) is 2.38. The molecule has 0 atom stereocenters. The van der Waals surface area contributed by atoms with E-state index >= 15 is 0 Å². The Bertz CT molecular complexity index is 526. The zero-order valence-corrected chi connectivity index (χ0v) is 11.0. The summed E-state index contributed by atoms with van der Waals surface area (Å²) >= 11 is 1.64. The van der Waals surface area contributed by atoms with Crippen molar-refractivity contribution in [3.8, 4) is 0 Å². The van der Waals surface area contributed by atoms with Gasteiger partial charge in [-0.2, -0.15) is 0 Å². The molecule has 0 amide bonds. The van der Waals surface area contributed by atoms with Gasteiger partial charge in [-0.3, -0.25) is 4.98 Å². The maximum Gasteiger partial charge on any atom is 0.145 e. The Morgan fingerprint density at radius 1 is 1.18 bits per heavy atom. The van der Waals surface area contributed by atoms with Crippen LogP contribution in [0.4, 0.5) is 5.82 Å². The molecule has 1 heterocycles. The second-order valence-electron chi connectivity index (χ2n) is 3.86. The van der Waals surface area contributed by atoms with Gasteiger partial charge >= 0.3 is 0 Å². The molecule has 0 fully saturated rings. The Morgan fingerprint density at radius 3 is 2.71 bits per heavy atom. The quantitative estimate of drug-likeness (QED) is 0.900. The molecule has 17 heavy (non-hydrogen) atoms. The standard InChI is InChI=1S/C13H15N3S/c1-9-4-5-11(10(2)6-9)17-13-8-15-7-12(14-3)16-13/h4-8H,1-3H3,(H,14,16). The van der Waals surface area contributed by atoms with Crippen LogP contribution < -0.4 is 5.32 Å². The van der Waals surface area contributed by atoms with E-state index in [-0.39, 0.29) is 0 Å².